The van der Waals surface area contributed by atoms with Crippen LogP contribution in [0.2, 0.25) is 0 Å². The zero-order valence-electron chi connectivity index (χ0n) is 14.3. The van der Waals surface area contributed by atoms with Crippen LogP contribution in [0.15, 0.2) is 52.1 Å². The van der Waals surface area contributed by atoms with Crippen LogP contribution in [0.25, 0.3) is 0 Å². The van der Waals surface area contributed by atoms with Gasteiger partial charge in [0.05, 0.1) is 6.26 Å². The maximum absolute atomic E-state index is 11.9. The fourth-order valence-electron chi connectivity index (χ4n) is 2.39. The van der Waals surface area contributed by atoms with Crippen LogP contribution in [0.3, 0.4) is 0 Å². The smallest absolute Gasteiger partial charge is 0.291 e. The van der Waals surface area contributed by atoms with E-state index in [1.165, 1.54) is 12.7 Å². The van der Waals surface area contributed by atoms with Gasteiger partial charge in [0.25, 0.3) is 5.91 Å². The molecular weight excluding hydrogens is 431 g/mol. The number of furan rings is 1. The zero-order chi connectivity index (χ0) is 16.9. The Morgan fingerprint density at radius 2 is 2.00 bits per heavy atom. The fourth-order valence-corrected chi connectivity index (χ4v) is 2.39. The third-order valence-electron chi connectivity index (χ3n) is 4.07. The van der Waals surface area contributed by atoms with Crippen molar-refractivity contribution >= 4 is 41.5 Å². The summed E-state index contributed by atoms with van der Waals surface area (Å²) in [5.41, 5.74) is 1.84. The van der Waals surface area contributed by atoms with Gasteiger partial charge in [-0.3, -0.25) is 9.79 Å². The van der Waals surface area contributed by atoms with Crippen molar-refractivity contribution in [2.45, 2.75) is 25.9 Å². The van der Waals surface area contributed by atoms with E-state index in [-0.39, 0.29) is 29.9 Å². The minimum Gasteiger partial charge on any atom is -0.459 e. The molecule has 1 aliphatic carbocycles. The van der Waals surface area contributed by atoms with Crippen LogP contribution in [0.1, 0.15) is 29.5 Å². The van der Waals surface area contributed by atoms with Crippen LogP contribution in [0, 0.1) is 5.92 Å². The summed E-state index contributed by atoms with van der Waals surface area (Å²) in [6.07, 6.45) is 2.68. The molecule has 1 aromatic carbocycles. The Morgan fingerprint density at radius 1 is 1.28 bits per heavy atom. The molecule has 1 saturated carbocycles. The number of benzene rings is 1. The Bertz CT molecular complexity index is 713. The zero-order valence-corrected chi connectivity index (χ0v) is 16.6. The molecule has 1 amide bonds. The van der Waals surface area contributed by atoms with E-state index in [0.29, 0.717) is 18.3 Å². The lowest BCUT2D eigenvalue weighted by Gasteiger charge is -2.12. The molecule has 0 radical (unpaired) electrons. The van der Waals surface area contributed by atoms with Crippen molar-refractivity contribution in [1.29, 1.82) is 0 Å². The summed E-state index contributed by atoms with van der Waals surface area (Å²) in [7, 11) is 1.77. The maximum Gasteiger partial charge on any atom is 0.291 e. The number of rotatable bonds is 5. The molecule has 3 rings (SSSR count). The van der Waals surface area contributed by atoms with Gasteiger partial charge in [-0.25, -0.2) is 0 Å². The first-order valence-electron chi connectivity index (χ1n) is 8.06. The summed E-state index contributed by atoms with van der Waals surface area (Å²) in [6, 6.07) is 11.5. The highest BCUT2D eigenvalue weighted by Crippen LogP contribution is 2.28. The van der Waals surface area contributed by atoms with Crippen LogP contribution >= 0.6 is 24.0 Å². The molecule has 7 heteroatoms. The minimum absolute atomic E-state index is 0. The summed E-state index contributed by atoms with van der Waals surface area (Å²) < 4.78 is 5.07. The molecule has 1 aliphatic rings. The lowest BCUT2D eigenvalue weighted by molar-refractivity contribution is 0.0996. The summed E-state index contributed by atoms with van der Waals surface area (Å²) in [4.78, 5) is 16.1. The number of hydrogen-bond donors (Lipinski definition) is 3. The first kappa shape index (κ1) is 19.3. The number of halogens is 1. The molecule has 134 valence electrons. The summed E-state index contributed by atoms with van der Waals surface area (Å²) in [5, 5.41) is 9.48. The minimum atomic E-state index is -0.256. The van der Waals surface area contributed by atoms with Crippen molar-refractivity contribution in [1.82, 2.24) is 10.6 Å². The second kappa shape index (κ2) is 8.89. The first-order chi connectivity index (χ1) is 11.7. The molecule has 25 heavy (non-hydrogen) atoms. The normalized spacial score (nSPS) is 18.9. The van der Waals surface area contributed by atoms with Gasteiger partial charge in [0, 0.05) is 25.3 Å². The highest BCUT2D eigenvalue weighted by Gasteiger charge is 2.33. The van der Waals surface area contributed by atoms with Gasteiger partial charge in [-0.1, -0.05) is 19.1 Å². The molecule has 1 aromatic heterocycles. The third kappa shape index (κ3) is 5.48. The molecule has 3 N–H and O–H groups in total. The lowest BCUT2D eigenvalue weighted by Crippen LogP contribution is -2.38. The fraction of sp³-hybridized carbons (Fsp3) is 0.333. The molecule has 0 saturated heterocycles. The Morgan fingerprint density at radius 3 is 2.56 bits per heavy atom. The Hall–Kier alpha value is -2.03. The van der Waals surface area contributed by atoms with E-state index in [1.807, 2.05) is 24.3 Å². The number of aliphatic imine (C=N–C) groups is 1. The van der Waals surface area contributed by atoms with Gasteiger partial charge < -0.3 is 20.4 Å². The number of hydrogen-bond acceptors (Lipinski definition) is 3. The standard InChI is InChI=1S/C18H22N4O2.HI/c1-12-10-15(12)22-18(19-2)20-11-13-5-7-14(8-6-13)21-17(23)16-4-3-9-24-16;/h3-9,12,15H,10-11H2,1-2H3,(H,21,23)(H2,19,20,22);1H. The van der Waals surface area contributed by atoms with Gasteiger partial charge in [0.15, 0.2) is 11.7 Å². The summed E-state index contributed by atoms with van der Waals surface area (Å²) in [5.74, 6) is 1.58. The van der Waals surface area contributed by atoms with E-state index >= 15 is 0 Å². The number of carbonyl (C=O) groups is 1. The maximum atomic E-state index is 11.9. The highest BCUT2D eigenvalue weighted by atomic mass is 127. The molecule has 0 spiro atoms. The summed E-state index contributed by atoms with van der Waals surface area (Å²) >= 11 is 0. The van der Waals surface area contributed by atoms with E-state index in [0.717, 1.165) is 23.1 Å². The molecule has 0 aliphatic heterocycles. The predicted octanol–water partition coefficient (Wildman–Crippen LogP) is 3.22. The van der Waals surface area contributed by atoms with Gasteiger partial charge in [-0.05, 0) is 42.2 Å². The quantitative estimate of drug-likeness (QED) is 0.369. The molecular formula is C18H23IN4O2. The number of guanidine groups is 1. The van der Waals surface area contributed by atoms with Crippen molar-refractivity contribution < 1.29 is 9.21 Å². The molecule has 2 atom stereocenters. The predicted molar refractivity (Wildman–Crippen MR) is 109 cm³/mol. The van der Waals surface area contributed by atoms with Crippen molar-refractivity contribution in [3.8, 4) is 0 Å². The number of amides is 1. The third-order valence-corrected chi connectivity index (χ3v) is 4.07. The highest BCUT2D eigenvalue weighted by molar-refractivity contribution is 14.0. The van der Waals surface area contributed by atoms with Crippen molar-refractivity contribution in [3.05, 3.63) is 54.0 Å². The average Bonchev–Trinajstić information content (AvgIpc) is 3.04. The lowest BCUT2D eigenvalue weighted by atomic mass is 10.2. The molecule has 1 heterocycles. The van der Waals surface area contributed by atoms with E-state index in [1.54, 1.807) is 19.2 Å². The van der Waals surface area contributed by atoms with Crippen molar-refractivity contribution in [3.63, 3.8) is 0 Å². The molecule has 0 bridgehead atoms. The van der Waals surface area contributed by atoms with Crippen LogP contribution in [0.5, 0.6) is 0 Å². The van der Waals surface area contributed by atoms with Gasteiger partial charge in [0.2, 0.25) is 0 Å². The van der Waals surface area contributed by atoms with Gasteiger partial charge in [0.1, 0.15) is 0 Å². The average molecular weight is 454 g/mol. The number of nitrogens with zero attached hydrogens (tertiary/aromatic N) is 1. The van der Waals surface area contributed by atoms with Gasteiger partial charge in [-0.2, -0.15) is 0 Å². The molecule has 2 unspecified atom stereocenters. The SMILES string of the molecule is CN=C(NCc1ccc(NC(=O)c2ccco2)cc1)NC1CC1C.I. The first-order valence-corrected chi connectivity index (χ1v) is 8.06. The number of anilines is 1. The Kier molecular flexibility index (Phi) is 6.86. The Labute approximate surface area is 164 Å². The van der Waals surface area contributed by atoms with Crippen LogP contribution in [0.4, 0.5) is 5.69 Å². The topological polar surface area (TPSA) is 78.7 Å². The summed E-state index contributed by atoms with van der Waals surface area (Å²) in [6.45, 7) is 2.90. The van der Waals surface area contributed by atoms with Crippen LogP contribution < -0.4 is 16.0 Å². The second-order valence-corrected chi connectivity index (χ2v) is 6.02. The van der Waals surface area contributed by atoms with Crippen LogP contribution in [-0.4, -0.2) is 25.0 Å². The van der Waals surface area contributed by atoms with E-state index < -0.39 is 0 Å². The van der Waals surface area contributed by atoms with E-state index in [2.05, 4.69) is 27.9 Å². The second-order valence-electron chi connectivity index (χ2n) is 6.02. The number of carbonyl (C=O) groups excluding carboxylic acids is 1. The Balaban J connectivity index is 0.00000225. The largest absolute Gasteiger partial charge is 0.459 e. The van der Waals surface area contributed by atoms with E-state index in [9.17, 15) is 4.79 Å². The van der Waals surface area contributed by atoms with Crippen molar-refractivity contribution in [2.24, 2.45) is 10.9 Å². The van der Waals surface area contributed by atoms with Gasteiger partial charge >= 0.3 is 0 Å². The van der Waals surface area contributed by atoms with E-state index in [4.69, 9.17) is 4.42 Å². The monoisotopic (exact) mass is 454 g/mol. The number of nitrogens with one attached hydrogen (secondary N) is 3. The molecule has 2 aromatic rings. The molecule has 1 fully saturated rings. The van der Waals surface area contributed by atoms with Crippen LogP contribution in [-0.2, 0) is 6.54 Å². The van der Waals surface area contributed by atoms with Gasteiger partial charge in [-0.15, -0.1) is 24.0 Å². The molecule has 6 nitrogen and oxygen atoms in total. The van der Waals surface area contributed by atoms with Crippen molar-refractivity contribution in [2.75, 3.05) is 12.4 Å².